The fraction of sp³-hybridized carbons (Fsp3) is 0.114. The van der Waals surface area contributed by atoms with E-state index in [2.05, 4.69) is 25.9 Å². The first-order valence-corrected chi connectivity index (χ1v) is 15.6. The number of carbonyl (C=O) groups is 2. The summed E-state index contributed by atoms with van der Waals surface area (Å²) in [5.74, 6) is 1.27. The largest absolute Gasteiger partial charge is 0.486 e. The lowest BCUT2D eigenvalue weighted by Gasteiger charge is -2.11. The number of nitrogens with zero attached hydrogens (tertiary/aromatic N) is 5. The van der Waals surface area contributed by atoms with Crippen LogP contribution >= 0.6 is 11.3 Å². The van der Waals surface area contributed by atoms with E-state index in [9.17, 15) is 9.59 Å². The summed E-state index contributed by atoms with van der Waals surface area (Å²) in [5.41, 5.74) is 3.16. The van der Waals surface area contributed by atoms with Crippen LogP contribution in [-0.2, 0) is 11.4 Å². The number of likely N-dealkylation sites (N-methyl/N-ethyl adjacent to an activating group) is 1. The summed E-state index contributed by atoms with van der Waals surface area (Å²) in [7, 11) is 3.85. The van der Waals surface area contributed by atoms with E-state index in [1.807, 2.05) is 77.6 Å². The van der Waals surface area contributed by atoms with Crippen molar-refractivity contribution in [3.63, 3.8) is 0 Å². The third kappa shape index (κ3) is 8.06. The molecule has 0 saturated heterocycles. The lowest BCUT2D eigenvalue weighted by molar-refractivity contribution is -0.111. The highest BCUT2D eigenvalue weighted by atomic mass is 32.1. The van der Waals surface area contributed by atoms with Crippen molar-refractivity contribution in [2.45, 2.75) is 6.61 Å². The van der Waals surface area contributed by atoms with Gasteiger partial charge < -0.3 is 30.2 Å². The van der Waals surface area contributed by atoms with E-state index in [0.717, 1.165) is 21.7 Å². The second-order valence-corrected chi connectivity index (χ2v) is 11.7. The molecular weight excluding hydrogens is 613 g/mol. The standard InChI is InChI=1S/C35H32N8O3S/c1-42(2)18-6-13-32(44)38-25-8-3-7-24(21-25)34(45)39-26-9-4-10-27(22-26)40-35-37-16-14-31(41-35)43-19-15-28-29(43)11-5-12-30(28)46-23-33-36-17-20-47-33/h3-17,19-22H,18,23H2,1-2H3,(H,38,44)(H,39,45)(H,37,40,41). The Morgan fingerprint density at radius 3 is 2.55 bits per heavy atom. The Hall–Kier alpha value is -5.85. The fourth-order valence-corrected chi connectivity index (χ4v) is 5.30. The number of benzene rings is 3. The number of anilines is 4. The average Bonchev–Trinajstić information content (AvgIpc) is 3.75. The third-order valence-electron chi connectivity index (χ3n) is 6.92. The molecule has 3 aromatic carbocycles. The maximum Gasteiger partial charge on any atom is 0.255 e. The van der Waals surface area contributed by atoms with Gasteiger partial charge in [-0.25, -0.2) is 9.97 Å². The van der Waals surface area contributed by atoms with E-state index in [1.54, 1.807) is 66.2 Å². The topological polar surface area (TPSA) is 126 Å². The molecule has 3 heterocycles. The molecule has 0 fully saturated rings. The summed E-state index contributed by atoms with van der Waals surface area (Å²) in [5, 5.41) is 12.8. The lowest BCUT2D eigenvalue weighted by Crippen LogP contribution is -2.14. The number of fused-ring (bicyclic) bond motifs is 1. The molecule has 0 aliphatic carbocycles. The van der Waals surface area contributed by atoms with Gasteiger partial charge in [0.2, 0.25) is 11.9 Å². The van der Waals surface area contributed by atoms with Gasteiger partial charge in [0.05, 0.1) is 5.52 Å². The normalized spacial score (nSPS) is 11.2. The third-order valence-corrected chi connectivity index (χ3v) is 7.68. The molecule has 6 rings (SSSR count). The van der Waals surface area contributed by atoms with Crippen LogP contribution in [0.15, 0.2) is 115 Å². The number of nitrogens with one attached hydrogen (secondary N) is 3. The highest BCUT2D eigenvalue weighted by Gasteiger charge is 2.12. The minimum Gasteiger partial charge on any atom is -0.486 e. The summed E-state index contributed by atoms with van der Waals surface area (Å²) in [6.07, 6.45) is 8.65. The summed E-state index contributed by atoms with van der Waals surface area (Å²) in [6, 6.07) is 23.8. The minimum absolute atomic E-state index is 0.263. The molecule has 0 atom stereocenters. The monoisotopic (exact) mass is 644 g/mol. The van der Waals surface area contributed by atoms with Crippen molar-refractivity contribution in [3.8, 4) is 11.6 Å². The second-order valence-electron chi connectivity index (χ2n) is 10.7. The number of ether oxygens (including phenoxy) is 1. The number of amides is 2. The van der Waals surface area contributed by atoms with Gasteiger partial charge in [-0.2, -0.15) is 4.98 Å². The molecule has 2 amide bonds. The van der Waals surface area contributed by atoms with E-state index in [-0.39, 0.29) is 11.8 Å². The van der Waals surface area contributed by atoms with E-state index in [4.69, 9.17) is 9.72 Å². The van der Waals surface area contributed by atoms with Crippen molar-refractivity contribution in [2.75, 3.05) is 36.6 Å². The van der Waals surface area contributed by atoms with Crippen LogP contribution in [0.1, 0.15) is 15.4 Å². The summed E-state index contributed by atoms with van der Waals surface area (Å²) in [6.45, 7) is 1.06. The van der Waals surface area contributed by atoms with Gasteiger partial charge >= 0.3 is 0 Å². The smallest absolute Gasteiger partial charge is 0.255 e. The van der Waals surface area contributed by atoms with Gasteiger partial charge in [-0.3, -0.25) is 9.59 Å². The predicted molar refractivity (Wildman–Crippen MR) is 186 cm³/mol. The highest BCUT2D eigenvalue weighted by molar-refractivity contribution is 7.09. The molecule has 0 saturated carbocycles. The van der Waals surface area contributed by atoms with Crippen molar-refractivity contribution >= 4 is 57.1 Å². The van der Waals surface area contributed by atoms with Gasteiger partial charge in [-0.05, 0) is 74.8 Å². The van der Waals surface area contributed by atoms with Crippen LogP contribution in [0.5, 0.6) is 5.75 Å². The molecule has 0 aliphatic rings. The molecule has 0 unspecified atom stereocenters. The predicted octanol–water partition coefficient (Wildman–Crippen LogP) is 6.51. The number of aromatic nitrogens is 4. The van der Waals surface area contributed by atoms with Gasteiger partial charge in [0.25, 0.3) is 5.91 Å². The molecule has 0 bridgehead atoms. The molecular formula is C35H32N8O3S. The van der Waals surface area contributed by atoms with Gasteiger partial charge in [0.1, 0.15) is 23.2 Å². The van der Waals surface area contributed by atoms with Crippen LogP contribution in [0.2, 0.25) is 0 Å². The fourth-order valence-electron chi connectivity index (χ4n) is 4.77. The SMILES string of the molecule is CN(C)CC=CC(=O)Nc1cccc(C(=O)Nc2cccc(Nc3nccc(-n4ccc5c(OCc6nccs6)cccc54)n3)c2)c1. The molecule has 6 aromatic rings. The van der Waals surface area contributed by atoms with Crippen molar-refractivity contribution in [2.24, 2.45) is 0 Å². The summed E-state index contributed by atoms with van der Waals surface area (Å²) in [4.78, 5) is 40.7. The van der Waals surface area contributed by atoms with Crippen LogP contribution in [0.4, 0.5) is 23.0 Å². The van der Waals surface area contributed by atoms with E-state index in [1.165, 1.54) is 6.08 Å². The number of carbonyl (C=O) groups excluding carboxylic acids is 2. The Morgan fingerprint density at radius 1 is 0.915 bits per heavy atom. The van der Waals surface area contributed by atoms with Crippen LogP contribution in [0.3, 0.4) is 0 Å². The first-order valence-electron chi connectivity index (χ1n) is 14.8. The second kappa shape index (κ2) is 14.5. The zero-order valence-corrected chi connectivity index (χ0v) is 26.6. The van der Waals surface area contributed by atoms with Gasteiger partial charge in [-0.1, -0.05) is 24.3 Å². The first kappa shape index (κ1) is 31.1. The van der Waals surface area contributed by atoms with Crippen LogP contribution in [0, 0.1) is 0 Å². The zero-order chi connectivity index (χ0) is 32.6. The average molecular weight is 645 g/mol. The van der Waals surface area contributed by atoms with Crippen LogP contribution < -0.4 is 20.7 Å². The first-order chi connectivity index (χ1) is 22.9. The Morgan fingerprint density at radius 2 is 1.72 bits per heavy atom. The summed E-state index contributed by atoms with van der Waals surface area (Å²) < 4.78 is 8.04. The van der Waals surface area contributed by atoms with E-state index >= 15 is 0 Å². The highest BCUT2D eigenvalue weighted by Crippen LogP contribution is 2.29. The molecule has 0 aliphatic heterocycles. The van der Waals surface area contributed by atoms with Crippen molar-refractivity contribution < 1.29 is 14.3 Å². The number of thiazole rings is 1. The molecule has 47 heavy (non-hydrogen) atoms. The molecule has 0 spiro atoms. The Bertz CT molecular complexity index is 2040. The van der Waals surface area contributed by atoms with Crippen molar-refractivity contribution in [3.05, 3.63) is 126 Å². The van der Waals surface area contributed by atoms with Gasteiger partial charge in [0.15, 0.2) is 0 Å². The zero-order valence-electron chi connectivity index (χ0n) is 25.8. The molecule has 0 radical (unpaired) electrons. The number of hydrogen-bond acceptors (Lipinski definition) is 9. The molecule has 3 N–H and O–H groups in total. The maximum absolute atomic E-state index is 13.1. The van der Waals surface area contributed by atoms with Crippen LogP contribution in [0.25, 0.3) is 16.7 Å². The Balaban J connectivity index is 1.12. The maximum atomic E-state index is 13.1. The molecule has 11 nitrogen and oxygen atoms in total. The number of hydrogen-bond donors (Lipinski definition) is 3. The molecule has 3 aromatic heterocycles. The molecule has 12 heteroatoms. The van der Waals surface area contributed by atoms with Crippen LogP contribution in [-0.4, -0.2) is 56.9 Å². The summed E-state index contributed by atoms with van der Waals surface area (Å²) >= 11 is 1.56. The molecule has 236 valence electrons. The minimum atomic E-state index is -0.311. The van der Waals surface area contributed by atoms with E-state index < -0.39 is 0 Å². The number of rotatable bonds is 12. The lowest BCUT2D eigenvalue weighted by atomic mass is 10.1. The van der Waals surface area contributed by atoms with Crippen molar-refractivity contribution in [1.82, 2.24) is 24.4 Å². The van der Waals surface area contributed by atoms with Gasteiger partial charge in [-0.15, -0.1) is 11.3 Å². The Kier molecular flexibility index (Phi) is 9.61. The van der Waals surface area contributed by atoms with Crippen molar-refractivity contribution in [1.29, 1.82) is 0 Å². The van der Waals surface area contributed by atoms with Gasteiger partial charge in [0, 0.05) is 64.6 Å². The Labute approximate surface area is 275 Å². The van der Waals surface area contributed by atoms with E-state index in [0.29, 0.717) is 47.5 Å². The quantitative estimate of drug-likeness (QED) is 0.129.